The Labute approximate surface area is 379 Å². The summed E-state index contributed by atoms with van der Waals surface area (Å²) in [6, 6.07) is 88.3. The minimum atomic E-state index is -2.72. The molecule has 0 atom stereocenters. The molecule has 0 aliphatic carbocycles. The Balaban J connectivity index is 0.906. The van der Waals surface area contributed by atoms with Gasteiger partial charge < -0.3 is 14.0 Å². The highest BCUT2D eigenvalue weighted by Gasteiger charge is 2.43. The molecule has 304 valence electrons. The first-order chi connectivity index (χ1) is 32.2. The average molecular weight is 846 g/mol. The van der Waals surface area contributed by atoms with Crippen molar-refractivity contribution in [1.29, 1.82) is 0 Å². The van der Waals surface area contributed by atoms with Gasteiger partial charge in [-0.25, -0.2) is 0 Å². The monoisotopic (exact) mass is 845 g/mol. The van der Waals surface area contributed by atoms with Crippen molar-refractivity contribution >= 4 is 68.5 Å². The van der Waals surface area contributed by atoms with Crippen molar-refractivity contribution in [2.75, 3.05) is 0 Å². The summed E-state index contributed by atoms with van der Waals surface area (Å²) in [6.45, 7) is -0.324. The van der Waals surface area contributed by atoms with E-state index in [0.717, 1.165) is 67.2 Å². The summed E-state index contributed by atoms with van der Waals surface area (Å²) in [7, 11) is -2.72. The van der Waals surface area contributed by atoms with Crippen molar-refractivity contribution < 1.29 is 9.39 Å². The highest BCUT2D eigenvalue weighted by molar-refractivity contribution is 7.19. The lowest BCUT2D eigenvalue weighted by Gasteiger charge is -2.35. The van der Waals surface area contributed by atoms with Gasteiger partial charge in [-0.3, -0.25) is 0 Å². The average Bonchev–Trinajstić information content (AvgIpc) is 3.72. The van der Waals surface area contributed by atoms with E-state index in [4.69, 9.17) is 9.39 Å². The van der Waals surface area contributed by atoms with Crippen LogP contribution in [0.2, 0.25) is 0 Å². The van der Waals surface area contributed by atoms with Crippen molar-refractivity contribution in [3.63, 3.8) is 0 Å². The molecule has 10 aromatic carbocycles. The van der Waals surface area contributed by atoms with E-state index in [9.17, 15) is 0 Å². The molecule has 0 bridgehead atoms. The second kappa shape index (κ2) is 15.0. The van der Waals surface area contributed by atoms with E-state index in [1.54, 1.807) is 0 Å². The van der Waals surface area contributed by atoms with E-state index in [1.165, 1.54) is 42.6 Å². The van der Waals surface area contributed by atoms with Gasteiger partial charge in [0.1, 0.15) is 17.2 Å². The van der Waals surface area contributed by atoms with Crippen molar-refractivity contribution in [2.45, 2.75) is 0 Å². The highest BCUT2D eigenvalue weighted by Crippen LogP contribution is 2.43. The van der Waals surface area contributed by atoms with E-state index in [0.29, 0.717) is 0 Å². The largest absolute Gasteiger partial charge is 0.551 e. The van der Waals surface area contributed by atoms with Crippen LogP contribution in [0.25, 0.3) is 60.9 Å². The van der Waals surface area contributed by atoms with Crippen LogP contribution in [0.15, 0.2) is 243 Å². The van der Waals surface area contributed by atoms with Gasteiger partial charge in [0.05, 0.1) is 16.7 Å². The van der Waals surface area contributed by atoms with Crippen LogP contribution in [0, 0.1) is 0 Å². The van der Waals surface area contributed by atoms with Crippen LogP contribution in [0.3, 0.4) is 0 Å². The summed E-state index contributed by atoms with van der Waals surface area (Å²) in [6.07, 6.45) is 0. The normalized spacial score (nSPS) is 12.5. The van der Waals surface area contributed by atoms with Crippen LogP contribution in [-0.4, -0.2) is 19.6 Å². The predicted octanol–water partition coefficient (Wildman–Crippen LogP) is 10.8. The maximum atomic E-state index is 7.17. The lowest BCUT2D eigenvalue weighted by molar-refractivity contribution is 0.479. The molecule has 0 amide bonds. The third-order valence-electron chi connectivity index (χ3n) is 13.6. The first-order valence-electron chi connectivity index (χ1n) is 22.4. The number of aromatic nitrogens is 1. The van der Waals surface area contributed by atoms with Gasteiger partial charge in [-0.05, 0) is 79.4 Å². The summed E-state index contributed by atoms with van der Waals surface area (Å²) >= 11 is 0. The number of nitrogens with zero attached hydrogens (tertiary/aromatic N) is 1. The van der Waals surface area contributed by atoms with E-state index >= 15 is 0 Å². The molecule has 2 aliphatic rings. The molecule has 0 spiro atoms. The Morgan fingerprint density at radius 1 is 0.354 bits per heavy atom. The topological polar surface area (TPSA) is 23.4 Å². The number of hydrogen-bond acceptors (Lipinski definition) is 2. The van der Waals surface area contributed by atoms with Gasteiger partial charge in [0.2, 0.25) is 0 Å². The van der Waals surface area contributed by atoms with Crippen molar-refractivity contribution in [1.82, 2.24) is 4.57 Å². The number of para-hydroxylation sites is 3. The van der Waals surface area contributed by atoms with Crippen LogP contribution in [0.1, 0.15) is 0 Å². The summed E-state index contributed by atoms with van der Waals surface area (Å²) < 4.78 is 16.4. The minimum Gasteiger partial charge on any atom is -0.551 e. The molecule has 0 fully saturated rings. The van der Waals surface area contributed by atoms with Crippen LogP contribution < -0.4 is 41.1 Å². The molecule has 0 saturated heterocycles. The fourth-order valence-corrected chi connectivity index (χ4v) is 15.6. The van der Waals surface area contributed by atoms with E-state index in [2.05, 4.69) is 247 Å². The lowest BCUT2D eigenvalue weighted by atomic mass is 9.51. The third kappa shape index (κ3) is 5.83. The molecule has 2 aliphatic heterocycles. The first-order valence-corrected chi connectivity index (χ1v) is 24.4. The van der Waals surface area contributed by atoms with E-state index in [-0.39, 0.29) is 6.92 Å². The van der Waals surface area contributed by atoms with E-state index in [1.807, 2.05) is 0 Å². The van der Waals surface area contributed by atoms with Crippen LogP contribution in [-0.2, 0) is 0 Å². The van der Waals surface area contributed by atoms with Crippen LogP contribution >= 0.6 is 0 Å². The molecular formula is C60H40BNO2Si. The Bertz CT molecular complexity index is 3470. The van der Waals surface area contributed by atoms with Gasteiger partial charge in [-0.15, -0.1) is 0 Å². The van der Waals surface area contributed by atoms with Crippen molar-refractivity contribution in [2.24, 2.45) is 0 Å². The van der Waals surface area contributed by atoms with Gasteiger partial charge in [-0.1, -0.05) is 206 Å². The van der Waals surface area contributed by atoms with Gasteiger partial charge in [0, 0.05) is 32.8 Å². The minimum absolute atomic E-state index is 0.324. The van der Waals surface area contributed by atoms with E-state index < -0.39 is 8.07 Å². The van der Waals surface area contributed by atoms with Gasteiger partial charge >= 0.3 is 6.92 Å². The number of ether oxygens (including phenoxy) is 1. The smallest absolute Gasteiger partial charge is 0.434 e. The molecule has 65 heavy (non-hydrogen) atoms. The molecule has 11 aromatic rings. The highest BCUT2D eigenvalue weighted by atomic mass is 28.3. The van der Waals surface area contributed by atoms with Gasteiger partial charge in [-0.2, -0.15) is 0 Å². The molecule has 1 aromatic heterocycles. The number of fused-ring (bicyclic) bond motifs is 7. The van der Waals surface area contributed by atoms with Crippen molar-refractivity contribution in [3.05, 3.63) is 243 Å². The maximum Gasteiger partial charge on any atom is 0.434 e. The summed E-state index contributed by atoms with van der Waals surface area (Å²) in [4.78, 5) is 0. The first kappa shape index (κ1) is 37.4. The van der Waals surface area contributed by atoms with Crippen LogP contribution in [0.4, 0.5) is 0 Å². The number of benzene rings is 10. The molecule has 13 rings (SSSR count). The third-order valence-corrected chi connectivity index (χ3v) is 18.4. The molecule has 3 nitrogen and oxygen atoms in total. The Morgan fingerprint density at radius 2 is 0.892 bits per heavy atom. The molecular weight excluding hydrogens is 806 g/mol. The van der Waals surface area contributed by atoms with Crippen LogP contribution in [0.5, 0.6) is 17.2 Å². The molecule has 0 saturated carbocycles. The fourth-order valence-electron chi connectivity index (χ4n) is 10.8. The van der Waals surface area contributed by atoms with Gasteiger partial charge in [0.15, 0.2) is 8.07 Å². The van der Waals surface area contributed by atoms with Crippen molar-refractivity contribution in [3.8, 4) is 56.3 Å². The number of hydrogen-bond donors (Lipinski definition) is 0. The predicted molar refractivity (Wildman–Crippen MR) is 273 cm³/mol. The van der Waals surface area contributed by atoms with Gasteiger partial charge in [0.25, 0.3) is 0 Å². The summed E-state index contributed by atoms with van der Waals surface area (Å²) in [5, 5.41) is 7.87. The standard InChI is InChI=1S/C60H40BNO2Si/c1-4-19-44(20-5-1)65(45-21-6-2-7-22-45,46-23-8-3-9-24-46)47-25-16-18-41(38-47)42-35-37-53-59(39-42)63-57-33-17-29-52-51-36-34-43(40-58(51)64-61(53)60(52)57)48-26-10-13-30-54(48)62-55-31-14-11-27-49(55)50-28-12-15-32-56(50)62/h1-40H. The number of rotatable bonds is 7. The summed E-state index contributed by atoms with van der Waals surface area (Å²) in [5.41, 5.74) is 12.3. The zero-order valence-corrected chi connectivity index (χ0v) is 36.4. The molecule has 0 radical (unpaired) electrons. The molecule has 0 N–H and O–H groups in total. The Hall–Kier alpha value is -8.12. The molecule has 0 unspecified atom stereocenters. The maximum absolute atomic E-state index is 7.17. The SMILES string of the molecule is c1ccc([Si](c2ccccc2)(c2ccccc2)c2cccc(-c3ccc4c(c3)Oc3cccc5c3B4Oc3cc(-c4ccccc4-n4c6ccccc6c6ccccc64)ccc3-5)c2)cc1. The second-order valence-corrected chi connectivity index (χ2v) is 20.9. The second-order valence-electron chi connectivity index (χ2n) is 17.1. The zero-order valence-electron chi connectivity index (χ0n) is 35.4. The quantitative estimate of drug-likeness (QED) is 0.118. The Kier molecular flexibility index (Phi) is 8.65. The Morgan fingerprint density at radius 3 is 1.58 bits per heavy atom. The molecule has 3 heterocycles. The lowest BCUT2D eigenvalue weighted by Crippen LogP contribution is -2.74. The molecule has 5 heteroatoms. The zero-order chi connectivity index (χ0) is 42.9. The summed E-state index contributed by atoms with van der Waals surface area (Å²) in [5.74, 6) is 2.51. The fraction of sp³-hybridized carbons (Fsp3) is 0.